The van der Waals surface area contributed by atoms with Crippen molar-refractivity contribution in [3.8, 4) is 5.75 Å². The largest absolute Gasteiger partial charge is 0.461 e. The van der Waals surface area contributed by atoms with Gasteiger partial charge in [-0.3, -0.25) is 14.4 Å². The normalized spacial score (nSPS) is 25.5. The summed E-state index contributed by atoms with van der Waals surface area (Å²) in [6.07, 6.45) is 1.38. The molecular weight excluding hydrogens is 404 g/mol. The van der Waals surface area contributed by atoms with E-state index < -0.39 is 28.5 Å². The van der Waals surface area contributed by atoms with Gasteiger partial charge in [-0.1, -0.05) is 67.6 Å². The van der Waals surface area contributed by atoms with Crippen molar-refractivity contribution in [2.45, 2.75) is 12.8 Å². The minimum Gasteiger partial charge on any atom is -0.461 e. The second kappa shape index (κ2) is 6.26. The van der Waals surface area contributed by atoms with E-state index in [1.54, 1.807) is 43.3 Å². The van der Waals surface area contributed by atoms with Crippen LogP contribution in [0, 0.1) is 10.8 Å². The van der Waals surface area contributed by atoms with Gasteiger partial charge in [-0.05, 0) is 29.0 Å². The molecule has 4 aromatic rings. The predicted molar refractivity (Wildman–Crippen MR) is 117 cm³/mol. The lowest BCUT2D eigenvalue weighted by atomic mass is 9.83. The molecule has 1 saturated carbocycles. The molecular formula is C27H18O5. The van der Waals surface area contributed by atoms with Crippen LogP contribution in [0.1, 0.15) is 39.3 Å². The molecule has 32 heavy (non-hydrogen) atoms. The highest BCUT2D eigenvalue weighted by atomic mass is 16.5. The van der Waals surface area contributed by atoms with Gasteiger partial charge in [0.15, 0.2) is 17.0 Å². The summed E-state index contributed by atoms with van der Waals surface area (Å²) in [5.41, 5.74) is -1.83. The van der Waals surface area contributed by atoms with Gasteiger partial charge < -0.3 is 9.15 Å². The monoisotopic (exact) mass is 422 g/mol. The molecule has 0 spiro atoms. The number of carbonyl (C=O) groups is 3. The molecule has 0 unspecified atom stereocenters. The number of esters is 1. The third-order valence-corrected chi connectivity index (χ3v) is 7.10. The van der Waals surface area contributed by atoms with Gasteiger partial charge in [-0.15, -0.1) is 0 Å². The average molecular weight is 422 g/mol. The third-order valence-electron chi connectivity index (χ3n) is 7.10. The van der Waals surface area contributed by atoms with Crippen LogP contribution < -0.4 is 4.74 Å². The average Bonchev–Trinajstić information content (AvgIpc) is 3.14. The Morgan fingerprint density at radius 1 is 0.844 bits per heavy atom. The zero-order valence-electron chi connectivity index (χ0n) is 17.2. The van der Waals surface area contributed by atoms with Crippen LogP contribution in [0.3, 0.4) is 0 Å². The minimum absolute atomic E-state index is 0.0419. The predicted octanol–water partition coefficient (Wildman–Crippen LogP) is 5.21. The molecule has 1 fully saturated rings. The van der Waals surface area contributed by atoms with Gasteiger partial charge in [-0.2, -0.15) is 0 Å². The van der Waals surface area contributed by atoms with Crippen molar-refractivity contribution < 1.29 is 23.5 Å². The van der Waals surface area contributed by atoms with Gasteiger partial charge in [0.25, 0.3) is 0 Å². The number of hydrogen-bond donors (Lipinski definition) is 0. The van der Waals surface area contributed by atoms with Crippen molar-refractivity contribution in [1.29, 1.82) is 0 Å². The summed E-state index contributed by atoms with van der Waals surface area (Å²) in [4.78, 5) is 41.2. The van der Waals surface area contributed by atoms with E-state index in [9.17, 15) is 14.4 Å². The van der Waals surface area contributed by atoms with Crippen LogP contribution in [0.2, 0.25) is 0 Å². The van der Waals surface area contributed by atoms with Gasteiger partial charge >= 0.3 is 5.97 Å². The Morgan fingerprint density at radius 3 is 2.34 bits per heavy atom. The summed E-state index contributed by atoms with van der Waals surface area (Å²) in [7, 11) is 0. The maximum atomic E-state index is 13.9. The van der Waals surface area contributed by atoms with Crippen LogP contribution >= 0.6 is 0 Å². The van der Waals surface area contributed by atoms with Crippen LogP contribution in [0.4, 0.5) is 0 Å². The summed E-state index contributed by atoms with van der Waals surface area (Å²) in [5, 5.41) is 1.81. The fourth-order valence-corrected chi connectivity index (χ4v) is 5.56. The number of ether oxygens (including phenoxy) is 1. The highest BCUT2D eigenvalue weighted by Crippen LogP contribution is 2.79. The lowest BCUT2D eigenvalue weighted by molar-refractivity contribution is -0.140. The summed E-state index contributed by atoms with van der Waals surface area (Å²) < 4.78 is 11.1. The number of fused-ring (bicyclic) bond motifs is 5. The van der Waals surface area contributed by atoms with E-state index in [0.29, 0.717) is 11.3 Å². The fraction of sp³-hybridized carbons (Fsp3) is 0.148. The van der Waals surface area contributed by atoms with E-state index in [1.165, 1.54) is 12.3 Å². The van der Waals surface area contributed by atoms with E-state index in [-0.39, 0.29) is 11.5 Å². The number of furan rings is 1. The molecule has 2 heterocycles. The molecule has 1 aromatic heterocycles. The van der Waals surface area contributed by atoms with E-state index in [4.69, 9.17) is 9.15 Å². The first-order valence-electron chi connectivity index (χ1n) is 10.4. The van der Waals surface area contributed by atoms with E-state index >= 15 is 0 Å². The van der Waals surface area contributed by atoms with E-state index in [1.807, 2.05) is 36.4 Å². The number of hydrogen-bond acceptors (Lipinski definition) is 5. The molecule has 156 valence electrons. The Hall–Kier alpha value is -3.99. The molecule has 0 bridgehead atoms. The van der Waals surface area contributed by atoms with Crippen molar-refractivity contribution in [3.05, 3.63) is 102 Å². The van der Waals surface area contributed by atoms with Gasteiger partial charge in [0.2, 0.25) is 5.78 Å². The zero-order valence-corrected chi connectivity index (χ0v) is 17.2. The van der Waals surface area contributed by atoms with Crippen molar-refractivity contribution in [2.24, 2.45) is 10.8 Å². The number of carbonyl (C=O) groups excluding carboxylic acids is 3. The molecule has 2 aliphatic rings. The number of ketones is 2. The van der Waals surface area contributed by atoms with Gasteiger partial charge in [0.1, 0.15) is 5.75 Å². The second-order valence-corrected chi connectivity index (χ2v) is 8.53. The Bertz CT molecular complexity index is 1420. The fourth-order valence-electron chi connectivity index (χ4n) is 5.56. The lowest BCUT2D eigenvalue weighted by Gasteiger charge is -2.23. The molecule has 1 aliphatic carbocycles. The number of Topliss-reactive ketones (excluding diaryl/α,β-unsaturated/α-hetero) is 2. The topological polar surface area (TPSA) is 73.6 Å². The first-order chi connectivity index (χ1) is 15.5. The maximum absolute atomic E-state index is 13.9. The molecule has 5 heteroatoms. The summed E-state index contributed by atoms with van der Waals surface area (Å²) in [5.74, 6) is -1.73. The Labute approximate surface area is 183 Å². The first-order valence-corrected chi connectivity index (χ1v) is 10.4. The van der Waals surface area contributed by atoms with Crippen molar-refractivity contribution in [3.63, 3.8) is 0 Å². The SMILES string of the molecule is C[C@]1(C(=O)c2ccccc2)[C@H]2c3c(ccc4ccccc34)OC(=O)[C@]21C(=O)c1ccco1. The highest BCUT2D eigenvalue weighted by Gasteiger charge is 2.88. The second-order valence-electron chi connectivity index (χ2n) is 8.53. The first kappa shape index (κ1) is 18.8. The molecule has 0 radical (unpaired) electrons. The smallest absolute Gasteiger partial charge is 0.327 e. The zero-order chi connectivity index (χ0) is 22.1. The highest BCUT2D eigenvalue weighted by molar-refractivity contribution is 6.25. The van der Waals surface area contributed by atoms with Crippen LogP contribution in [-0.2, 0) is 4.79 Å². The van der Waals surface area contributed by atoms with Gasteiger partial charge in [0.05, 0.1) is 11.7 Å². The van der Waals surface area contributed by atoms with Crippen LogP contribution in [0.5, 0.6) is 5.75 Å². The molecule has 3 atom stereocenters. The van der Waals surface area contributed by atoms with E-state index in [0.717, 1.165) is 16.3 Å². The standard InChI is InChI=1S/C27H18O5/c1-26(23(28)17-9-3-2-4-10-17)22-21-18-11-6-5-8-16(18)13-14-19(21)32-25(30)27(22,26)24(29)20-12-7-15-31-20/h2-15,22H,1H3/t22-,26-,27-/m1/s1. The quantitative estimate of drug-likeness (QED) is 0.195. The van der Waals surface area contributed by atoms with E-state index in [2.05, 4.69) is 0 Å². The Kier molecular flexibility index (Phi) is 3.67. The summed E-state index contributed by atoms with van der Waals surface area (Å²) in [6.45, 7) is 1.70. The van der Waals surface area contributed by atoms with Crippen LogP contribution in [0.25, 0.3) is 10.8 Å². The van der Waals surface area contributed by atoms with Crippen LogP contribution in [-0.4, -0.2) is 17.5 Å². The maximum Gasteiger partial charge on any atom is 0.327 e. The molecule has 0 saturated heterocycles. The van der Waals surface area contributed by atoms with Crippen molar-refractivity contribution in [2.75, 3.05) is 0 Å². The molecule has 5 nitrogen and oxygen atoms in total. The third kappa shape index (κ3) is 2.10. The van der Waals surface area contributed by atoms with Crippen LogP contribution in [0.15, 0.2) is 89.5 Å². The Balaban J connectivity index is 1.64. The minimum atomic E-state index is -1.69. The number of benzene rings is 3. The summed E-state index contributed by atoms with van der Waals surface area (Å²) in [6, 6.07) is 23.2. The molecule has 0 amide bonds. The Morgan fingerprint density at radius 2 is 1.59 bits per heavy atom. The summed E-state index contributed by atoms with van der Waals surface area (Å²) >= 11 is 0. The van der Waals surface area contributed by atoms with Crippen molar-refractivity contribution in [1.82, 2.24) is 0 Å². The van der Waals surface area contributed by atoms with Gasteiger partial charge in [-0.25, -0.2) is 0 Å². The van der Waals surface area contributed by atoms with Gasteiger partial charge in [0, 0.05) is 17.0 Å². The molecule has 6 rings (SSSR count). The van der Waals surface area contributed by atoms with Crippen molar-refractivity contribution >= 4 is 28.3 Å². The molecule has 3 aromatic carbocycles. The number of rotatable bonds is 4. The molecule has 0 N–H and O–H groups in total. The molecule has 1 aliphatic heterocycles. The lowest BCUT2D eigenvalue weighted by Crippen LogP contribution is -2.39.